The number of fused-ring (bicyclic) bond motifs is 5. The fourth-order valence-electron chi connectivity index (χ4n) is 8.65. The van der Waals surface area contributed by atoms with Gasteiger partial charge in [-0.1, -0.05) is 26.8 Å². The Morgan fingerprint density at radius 2 is 1.78 bits per heavy atom. The van der Waals surface area contributed by atoms with E-state index >= 15 is 0 Å². The minimum atomic E-state index is -4.33. The van der Waals surface area contributed by atoms with Crippen molar-refractivity contribution in [1.29, 1.82) is 0 Å². The van der Waals surface area contributed by atoms with Gasteiger partial charge in [0.25, 0.3) is 15.9 Å². The molecule has 46 heavy (non-hydrogen) atoms. The van der Waals surface area contributed by atoms with Gasteiger partial charge in [-0.2, -0.15) is 8.42 Å². The number of aromatic nitrogens is 2. The number of carbonyl (C=O) groups is 2. The summed E-state index contributed by atoms with van der Waals surface area (Å²) in [6.45, 7) is 13.3. The molecule has 3 unspecified atom stereocenters. The van der Waals surface area contributed by atoms with E-state index in [1.807, 2.05) is 0 Å². The Hall–Kier alpha value is -3.25. The van der Waals surface area contributed by atoms with Gasteiger partial charge in [-0.05, 0) is 113 Å². The molecule has 4 fully saturated rings. The van der Waals surface area contributed by atoms with E-state index in [1.54, 1.807) is 24.3 Å². The van der Waals surface area contributed by atoms with Crippen LogP contribution < -0.4 is 25.6 Å². The van der Waals surface area contributed by atoms with Crippen LogP contribution in [-0.4, -0.2) is 67.5 Å². The molecule has 2 aromatic rings. The molecule has 0 aromatic carbocycles. The van der Waals surface area contributed by atoms with Crippen LogP contribution in [0.5, 0.6) is 0 Å². The maximum absolute atomic E-state index is 13.9. The summed E-state index contributed by atoms with van der Waals surface area (Å²) in [5.74, 6) is 0.241. The molecule has 5 aliphatic rings. The second-order valence-electron chi connectivity index (χ2n) is 16.2. The Bertz CT molecular complexity index is 1670. The minimum absolute atomic E-state index is 0.0337. The Morgan fingerprint density at radius 1 is 1.04 bits per heavy atom. The van der Waals surface area contributed by atoms with Crippen LogP contribution in [0.2, 0.25) is 0 Å². The summed E-state index contributed by atoms with van der Waals surface area (Å²) in [7, 11) is -4.33. The van der Waals surface area contributed by atoms with E-state index in [4.69, 9.17) is 4.98 Å². The van der Waals surface area contributed by atoms with Gasteiger partial charge >= 0.3 is 0 Å². The highest BCUT2D eigenvalue weighted by molar-refractivity contribution is 7.90. The fourth-order valence-corrected chi connectivity index (χ4v) is 9.59. The number of piperidine rings is 1. The van der Waals surface area contributed by atoms with E-state index in [0.29, 0.717) is 24.2 Å². The van der Waals surface area contributed by atoms with Crippen molar-refractivity contribution in [2.45, 2.75) is 108 Å². The molecule has 2 saturated carbocycles. The molecule has 2 aromatic heterocycles. The van der Waals surface area contributed by atoms with Crippen molar-refractivity contribution >= 4 is 33.5 Å². The molecule has 4 N–H and O–H groups in total. The van der Waals surface area contributed by atoms with Gasteiger partial charge in [0.05, 0.1) is 5.56 Å². The molecule has 2 amide bonds. The van der Waals surface area contributed by atoms with Gasteiger partial charge in [0.2, 0.25) is 5.91 Å². The van der Waals surface area contributed by atoms with Crippen LogP contribution in [-0.2, 0) is 20.2 Å². The number of rotatable bonds is 2. The van der Waals surface area contributed by atoms with Gasteiger partial charge in [0, 0.05) is 29.2 Å². The van der Waals surface area contributed by atoms with Crippen LogP contribution in [0, 0.1) is 16.7 Å². The summed E-state index contributed by atoms with van der Waals surface area (Å²) in [6, 6.07) is 7.67. The summed E-state index contributed by atoms with van der Waals surface area (Å²) in [5.41, 5.74) is 0.726. The van der Waals surface area contributed by atoms with Crippen molar-refractivity contribution in [2.75, 3.05) is 29.9 Å². The summed E-state index contributed by atoms with van der Waals surface area (Å²) < 4.78 is 29.3. The lowest BCUT2D eigenvalue weighted by Crippen LogP contribution is -2.56. The predicted molar refractivity (Wildman–Crippen MR) is 176 cm³/mol. The molecule has 7 rings (SSSR count). The van der Waals surface area contributed by atoms with E-state index in [2.05, 4.69) is 65.2 Å². The number of nitrogens with zero attached hydrogens (tertiary/aromatic N) is 3. The average Bonchev–Trinajstić information content (AvgIpc) is 3.54. The van der Waals surface area contributed by atoms with Gasteiger partial charge in [-0.15, -0.1) is 0 Å². The number of nitrogens with one attached hydrogen (secondary N) is 4. The molecule has 12 heteroatoms. The SMILES string of the molecule is CC(C)(C)c1ccc2c(n1)N1CC3(CC3CC(C(=O)NC3CC4(CCNCC4)C3)Nc3cccc(n3)S(=O)(=O)NC2=O)CC1(C)C. The molecule has 4 bridgehead atoms. The number of amides is 2. The van der Waals surface area contributed by atoms with Crippen LogP contribution in [0.3, 0.4) is 0 Å². The van der Waals surface area contributed by atoms with Crippen molar-refractivity contribution in [3.63, 3.8) is 0 Å². The maximum Gasteiger partial charge on any atom is 0.281 e. The van der Waals surface area contributed by atoms with E-state index in [9.17, 15) is 18.0 Å². The first-order chi connectivity index (χ1) is 21.6. The van der Waals surface area contributed by atoms with Gasteiger partial charge in [0.1, 0.15) is 17.7 Å². The Labute approximate surface area is 272 Å². The smallest absolute Gasteiger partial charge is 0.281 e. The molecule has 248 valence electrons. The van der Waals surface area contributed by atoms with Crippen LogP contribution >= 0.6 is 0 Å². The van der Waals surface area contributed by atoms with Crippen molar-refractivity contribution in [2.24, 2.45) is 16.7 Å². The number of hydrogen-bond acceptors (Lipinski definition) is 9. The van der Waals surface area contributed by atoms with Crippen LogP contribution in [0.25, 0.3) is 0 Å². The third kappa shape index (κ3) is 5.65. The summed E-state index contributed by atoms with van der Waals surface area (Å²) in [6.07, 6.45) is 6.75. The van der Waals surface area contributed by atoms with Gasteiger partial charge in [0.15, 0.2) is 5.03 Å². The second kappa shape index (κ2) is 10.6. The van der Waals surface area contributed by atoms with Crippen molar-refractivity contribution < 1.29 is 18.0 Å². The molecule has 3 atom stereocenters. The zero-order chi connectivity index (χ0) is 32.7. The topological polar surface area (TPSA) is 145 Å². The first-order valence-corrected chi connectivity index (χ1v) is 18.2. The van der Waals surface area contributed by atoms with Gasteiger partial charge < -0.3 is 20.9 Å². The standard InChI is InChI=1S/C34H47N7O4S/c1-31(2,3)25-10-9-23-28(38-25)41-20-34(19-32(41,4)5)16-21(34)15-24(30(43)36-22-17-33(18-22)11-13-35-14-12-33)37-26-7-6-8-27(39-26)46(44,45)40-29(23)42/h6-10,21-22,24,35H,11-20H2,1-5H3,(H,36,43)(H,37,39)(H,40,42). The number of hydrogen-bond donors (Lipinski definition) is 4. The first kappa shape index (κ1) is 31.4. The third-order valence-electron chi connectivity index (χ3n) is 11.2. The molecule has 11 nitrogen and oxygen atoms in total. The fraction of sp³-hybridized carbons (Fsp3) is 0.647. The Balaban J connectivity index is 1.23. The molecule has 2 spiro atoms. The monoisotopic (exact) mass is 649 g/mol. The van der Waals surface area contributed by atoms with E-state index in [-0.39, 0.29) is 50.6 Å². The van der Waals surface area contributed by atoms with Crippen LogP contribution in [0.1, 0.15) is 95.6 Å². The molecule has 0 radical (unpaired) electrons. The molecular formula is C34H47N7O4S. The van der Waals surface area contributed by atoms with Crippen molar-refractivity contribution in [3.05, 3.63) is 41.6 Å². The number of carbonyl (C=O) groups excluding carboxylic acids is 2. The number of sulfonamides is 1. The van der Waals surface area contributed by atoms with Crippen LogP contribution in [0.15, 0.2) is 35.4 Å². The average molecular weight is 650 g/mol. The molecule has 3 aliphatic heterocycles. The lowest BCUT2D eigenvalue weighted by molar-refractivity contribution is -0.124. The second-order valence-corrected chi connectivity index (χ2v) is 17.9. The van der Waals surface area contributed by atoms with Crippen molar-refractivity contribution in [3.8, 4) is 0 Å². The lowest BCUT2D eigenvalue weighted by atomic mass is 9.60. The highest BCUT2D eigenvalue weighted by Gasteiger charge is 2.63. The third-order valence-corrected chi connectivity index (χ3v) is 12.5. The van der Waals surface area contributed by atoms with Crippen molar-refractivity contribution in [1.82, 2.24) is 25.3 Å². The first-order valence-electron chi connectivity index (χ1n) is 16.7. The van der Waals surface area contributed by atoms with E-state index in [0.717, 1.165) is 57.3 Å². The molecular weight excluding hydrogens is 602 g/mol. The zero-order valence-electron chi connectivity index (χ0n) is 27.6. The van der Waals surface area contributed by atoms with Gasteiger partial charge in [-0.25, -0.2) is 14.7 Å². The van der Waals surface area contributed by atoms with Crippen LogP contribution in [0.4, 0.5) is 11.6 Å². The summed E-state index contributed by atoms with van der Waals surface area (Å²) in [5, 5.41) is 9.76. The number of pyridine rings is 2. The molecule has 5 heterocycles. The lowest BCUT2D eigenvalue weighted by Gasteiger charge is -2.50. The van der Waals surface area contributed by atoms with E-state index in [1.165, 1.54) is 6.07 Å². The van der Waals surface area contributed by atoms with Gasteiger partial charge in [-0.3, -0.25) is 9.59 Å². The highest BCUT2D eigenvalue weighted by atomic mass is 32.2. The Morgan fingerprint density at radius 3 is 2.50 bits per heavy atom. The van der Waals surface area contributed by atoms with E-state index < -0.39 is 22.0 Å². The quantitative estimate of drug-likeness (QED) is 0.383. The largest absolute Gasteiger partial charge is 0.358 e. The maximum atomic E-state index is 13.9. The Kier molecular flexibility index (Phi) is 7.25. The normalized spacial score (nSPS) is 29.6. The zero-order valence-corrected chi connectivity index (χ0v) is 28.4. The summed E-state index contributed by atoms with van der Waals surface area (Å²) >= 11 is 0. The number of anilines is 2. The highest BCUT2D eigenvalue weighted by Crippen LogP contribution is 2.64. The predicted octanol–water partition coefficient (Wildman–Crippen LogP) is 3.72. The molecule has 2 saturated heterocycles. The minimum Gasteiger partial charge on any atom is -0.358 e. The summed E-state index contributed by atoms with van der Waals surface area (Å²) in [4.78, 5) is 39.2. The molecule has 2 aliphatic carbocycles.